The van der Waals surface area contributed by atoms with Crippen molar-refractivity contribution in [3.8, 4) is 0 Å². The highest BCUT2D eigenvalue weighted by atomic mass is 16.2. The number of benzene rings is 1. The standard InChI is InChI=1S/C18H29N3O/c1-14(2)10-17(19)18(22)20-12-15-6-5-7-16(11-15)13-21-8-3-4-9-21/h5-7,11,14,17H,3-4,8-10,12-13,19H2,1-2H3,(H,20,22)/t17-/m0/s1. The average Bonchev–Trinajstić information content (AvgIpc) is 2.97. The van der Waals surface area contributed by atoms with Gasteiger partial charge in [-0.3, -0.25) is 9.69 Å². The molecule has 1 fully saturated rings. The molecule has 4 nitrogen and oxygen atoms in total. The molecule has 0 aromatic heterocycles. The van der Waals surface area contributed by atoms with E-state index in [0.29, 0.717) is 12.5 Å². The van der Waals surface area contributed by atoms with Gasteiger partial charge in [-0.05, 0) is 49.4 Å². The Hall–Kier alpha value is -1.39. The molecule has 122 valence electrons. The number of carbonyl (C=O) groups excluding carboxylic acids is 1. The molecule has 4 heteroatoms. The van der Waals surface area contributed by atoms with Gasteiger partial charge in [0.1, 0.15) is 0 Å². The predicted molar refractivity (Wildman–Crippen MR) is 90.2 cm³/mol. The lowest BCUT2D eigenvalue weighted by atomic mass is 10.0. The molecular weight excluding hydrogens is 274 g/mol. The molecule has 2 rings (SSSR count). The minimum atomic E-state index is -0.409. The van der Waals surface area contributed by atoms with E-state index in [1.807, 2.05) is 0 Å². The van der Waals surface area contributed by atoms with Crippen molar-refractivity contribution in [2.24, 2.45) is 11.7 Å². The van der Waals surface area contributed by atoms with E-state index >= 15 is 0 Å². The quantitative estimate of drug-likeness (QED) is 0.812. The van der Waals surface area contributed by atoms with E-state index < -0.39 is 6.04 Å². The minimum Gasteiger partial charge on any atom is -0.351 e. The Labute approximate surface area is 134 Å². The molecule has 0 spiro atoms. The Kier molecular flexibility index (Phi) is 6.40. The van der Waals surface area contributed by atoms with Crippen LogP contribution in [0.3, 0.4) is 0 Å². The van der Waals surface area contributed by atoms with Crippen LogP contribution < -0.4 is 11.1 Å². The van der Waals surface area contributed by atoms with Crippen LogP contribution in [0.15, 0.2) is 24.3 Å². The number of amides is 1. The Morgan fingerprint density at radius 1 is 1.27 bits per heavy atom. The zero-order valence-electron chi connectivity index (χ0n) is 13.8. The molecule has 3 N–H and O–H groups in total. The van der Waals surface area contributed by atoms with E-state index in [0.717, 1.165) is 18.5 Å². The van der Waals surface area contributed by atoms with Crippen molar-refractivity contribution in [2.75, 3.05) is 13.1 Å². The maximum atomic E-state index is 12.0. The van der Waals surface area contributed by atoms with Crippen LogP contribution in [0.4, 0.5) is 0 Å². The molecule has 1 aromatic rings. The van der Waals surface area contributed by atoms with E-state index in [2.05, 4.69) is 48.3 Å². The first-order chi connectivity index (χ1) is 10.5. The van der Waals surface area contributed by atoms with E-state index in [4.69, 9.17) is 5.73 Å². The first-order valence-corrected chi connectivity index (χ1v) is 8.38. The number of hydrogen-bond acceptors (Lipinski definition) is 3. The maximum absolute atomic E-state index is 12.0. The number of carbonyl (C=O) groups is 1. The third kappa shape index (κ3) is 5.43. The van der Waals surface area contributed by atoms with Crippen LogP contribution in [-0.4, -0.2) is 29.9 Å². The molecule has 0 unspecified atom stereocenters. The normalized spacial score (nSPS) is 16.9. The van der Waals surface area contributed by atoms with Crippen LogP contribution in [0.5, 0.6) is 0 Å². The third-order valence-electron chi connectivity index (χ3n) is 4.13. The molecule has 22 heavy (non-hydrogen) atoms. The van der Waals surface area contributed by atoms with Gasteiger partial charge < -0.3 is 11.1 Å². The molecule has 0 radical (unpaired) electrons. The lowest BCUT2D eigenvalue weighted by Crippen LogP contribution is -2.41. The summed E-state index contributed by atoms with van der Waals surface area (Å²) in [4.78, 5) is 14.5. The molecular formula is C18H29N3O. The van der Waals surface area contributed by atoms with Gasteiger partial charge in [-0.2, -0.15) is 0 Å². The molecule has 0 aliphatic carbocycles. The van der Waals surface area contributed by atoms with Crippen LogP contribution in [0.2, 0.25) is 0 Å². The van der Waals surface area contributed by atoms with Crippen LogP contribution in [-0.2, 0) is 17.9 Å². The van der Waals surface area contributed by atoms with Gasteiger partial charge in [-0.1, -0.05) is 38.1 Å². The van der Waals surface area contributed by atoms with Gasteiger partial charge in [0, 0.05) is 13.1 Å². The number of hydrogen-bond donors (Lipinski definition) is 2. The van der Waals surface area contributed by atoms with Crippen molar-refractivity contribution in [1.29, 1.82) is 0 Å². The highest BCUT2D eigenvalue weighted by molar-refractivity contribution is 5.81. The summed E-state index contributed by atoms with van der Waals surface area (Å²) in [6.45, 7) is 8.12. The third-order valence-corrected chi connectivity index (χ3v) is 4.13. The van der Waals surface area contributed by atoms with Crippen molar-refractivity contribution in [3.63, 3.8) is 0 Å². The number of rotatable bonds is 7. The van der Waals surface area contributed by atoms with Crippen LogP contribution in [0.1, 0.15) is 44.2 Å². The van der Waals surface area contributed by atoms with Gasteiger partial charge in [0.05, 0.1) is 6.04 Å². The highest BCUT2D eigenvalue weighted by Crippen LogP contribution is 2.14. The van der Waals surface area contributed by atoms with Crippen molar-refractivity contribution < 1.29 is 4.79 Å². The first kappa shape index (κ1) is 17.0. The highest BCUT2D eigenvalue weighted by Gasteiger charge is 2.15. The summed E-state index contributed by atoms with van der Waals surface area (Å²) in [6.07, 6.45) is 3.34. The SMILES string of the molecule is CC(C)C[C@H](N)C(=O)NCc1cccc(CN2CCCC2)c1. The topological polar surface area (TPSA) is 58.4 Å². The van der Waals surface area contributed by atoms with Gasteiger partial charge in [0.2, 0.25) is 5.91 Å². The van der Waals surface area contributed by atoms with Crippen LogP contribution in [0, 0.1) is 5.92 Å². The Balaban J connectivity index is 1.83. The van der Waals surface area contributed by atoms with E-state index in [1.165, 1.54) is 31.5 Å². The van der Waals surface area contributed by atoms with Crippen molar-refractivity contribution in [1.82, 2.24) is 10.2 Å². The molecule has 1 amide bonds. The van der Waals surface area contributed by atoms with E-state index in [9.17, 15) is 4.79 Å². The van der Waals surface area contributed by atoms with Crippen LogP contribution >= 0.6 is 0 Å². The van der Waals surface area contributed by atoms with E-state index in [-0.39, 0.29) is 5.91 Å². The molecule has 0 saturated carbocycles. The lowest BCUT2D eigenvalue weighted by molar-refractivity contribution is -0.122. The summed E-state index contributed by atoms with van der Waals surface area (Å²) in [5, 5.41) is 2.95. The molecule has 1 aliphatic heterocycles. The fourth-order valence-electron chi connectivity index (χ4n) is 2.97. The second kappa shape index (κ2) is 8.30. The molecule has 1 heterocycles. The smallest absolute Gasteiger partial charge is 0.237 e. The van der Waals surface area contributed by atoms with Gasteiger partial charge in [-0.15, -0.1) is 0 Å². The number of nitrogens with zero attached hydrogens (tertiary/aromatic N) is 1. The maximum Gasteiger partial charge on any atom is 0.237 e. The number of nitrogens with one attached hydrogen (secondary N) is 1. The monoisotopic (exact) mass is 303 g/mol. The van der Waals surface area contributed by atoms with Crippen LogP contribution in [0.25, 0.3) is 0 Å². The Morgan fingerprint density at radius 2 is 1.95 bits per heavy atom. The molecule has 1 aliphatic rings. The average molecular weight is 303 g/mol. The van der Waals surface area contributed by atoms with Crippen molar-refractivity contribution >= 4 is 5.91 Å². The molecule has 0 bridgehead atoms. The fraction of sp³-hybridized carbons (Fsp3) is 0.611. The van der Waals surface area contributed by atoms with Gasteiger partial charge >= 0.3 is 0 Å². The number of likely N-dealkylation sites (tertiary alicyclic amines) is 1. The minimum absolute atomic E-state index is 0.0568. The number of nitrogens with two attached hydrogens (primary N) is 1. The van der Waals surface area contributed by atoms with Gasteiger partial charge in [-0.25, -0.2) is 0 Å². The Bertz CT molecular complexity index is 481. The largest absolute Gasteiger partial charge is 0.351 e. The zero-order valence-corrected chi connectivity index (χ0v) is 13.8. The summed E-state index contributed by atoms with van der Waals surface area (Å²) in [5.41, 5.74) is 8.36. The van der Waals surface area contributed by atoms with Gasteiger partial charge in [0.15, 0.2) is 0 Å². The van der Waals surface area contributed by atoms with E-state index in [1.54, 1.807) is 0 Å². The van der Waals surface area contributed by atoms with Crippen molar-refractivity contribution in [3.05, 3.63) is 35.4 Å². The Morgan fingerprint density at radius 3 is 2.64 bits per heavy atom. The molecule has 1 atom stereocenters. The first-order valence-electron chi connectivity index (χ1n) is 8.38. The predicted octanol–water partition coefficient (Wildman–Crippen LogP) is 2.27. The fourth-order valence-corrected chi connectivity index (χ4v) is 2.97. The van der Waals surface area contributed by atoms with Gasteiger partial charge in [0.25, 0.3) is 0 Å². The molecule has 1 aromatic carbocycles. The molecule has 1 saturated heterocycles. The lowest BCUT2D eigenvalue weighted by Gasteiger charge is -2.16. The summed E-state index contributed by atoms with van der Waals surface area (Å²) < 4.78 is 0. The second-order valence-corrected chi connectivity index (χ2v) is 6.76. The summed E-state index contributed by atoms with van der Waals surface area (Å²) in [6, 6.07) is 8.07. The summed E-state index contributed by atoms with van der Waals surface area (Å²) in [5.74, 6) is 0.378. The zero-order chi connectivity index (χ0) is 15.9. The summed E-state index contributed by atoms with van der Waals surface area (Å²) >= 11 is 0. The second-order valence-electron chi connectivity index (χ2n) is 6.76. The van der Waals surface area contributed by atoms with Crippen molar-refractivity contribution in [2.45, 2.75) is 52.2 Å². The summed E-state index contributed by atoms with van der Waals surface area (Å²) in [7, 11) is 0.